The van der Waals surface area contributed by atoms with Gasteiger partial charge in [-0.15, -0.1) is 0 Å². The molecule has 66 valence electrons. The molecule has 0 N–H and O–H groups in total. The van der Waals surface area contributed by atoms with Crippen molar-refractivity contribution in [1.82, 2.24) is 0 Å². The number of halogens is 1. The second-order valence-corrected chi connectivity index (χ2v) is 3.14. The lowest BCUT2D eigenvalue weighted by Gasteiger charge is -1.93. The number of carbonyl (C=O) groups excluding carboxylic acids is 2. The third-order valence-corrected chi connectivity index (χ3v) is 2.30. The fourth-order valence-corrected chi connectivity index (χ4v) is 1.52. The van der Waals surface area contributed by atoms with Crippen molar-refractivity contribution in [3.8, 4) is 0 Å². The molecule has 0 aromatic heterocycles. The Labute approximate surface area is 74.4 Å². The summed E-state index contributed by atoms with van der Waals surface area (Å²) in [6.07, 6.45) is 0. The number of hydrogen-bond donors (Lipinski definition) is 0. The number of ketones is 2. The summed E-state index contributed by atoms with van der Waals surface area (Å²) in [6, 6.07) is 3.69. The summed E-state index contributed by atoms with van der Waals surface area (Å²) in [5, 5.41) is 0. The van der Waals surface area contributed by atoms with Crippen LogP contribution in [0.15, 0.2) is 18.2 Å². The fourth-order valence-electron chi connectivity index (χ4n) is 1.52. The molecule has 1 unspecified atom stereocenters. The highest BCUT2D eigenvalue weighted by Crippen LogP contribution is 2.26. The topological polar surface area (TPSA) is 34.1 Å². The van der Waals surface area contributed by atoms with Crippen molar-refractivity contribution in [2.75, 3.05) is 0 Å². The number of benzene rings is 1. The highest BCUT2D eigenvalue weighted by Gasteiger charge is 2.34. The van der Waals surface area contributed by atoms with Crippen molar-refractivity contribution in [2.45, 2.75) is 6.92 Å². The van der Waals surface area contributed by atoms with E-state index in [4.69, 9.17) is 0 Å². The van der Waals surface area contributed by atoms with Gasteiger partial charge in [-0.25, -0.2) is 4.39 Å². The molecule has 1 aromatic rings. The van der Waals surface area contributed by atoms with Crippen LogP contribution in [0, 0.1) is 11.7 Å². The molecule has 0 radical (unpaired) electrons. The van der Waals surface area contributed by atoms with E-state index in [9.17, 15) is 14.0 Å². The molecule has 3 heteroatoms. The lowest BCUT2D eigenvalue weighted by atomic mass is 10.1. The maximum Gasteiger partial charge on any atom is 0.174 e. The van der Waals surface area contributed by atoms with Crippen LogP contribution in [-0.2, 0) is 0 Å². The predicted molar refractivity (Wildman–Crippen MR) is 44.2 cm³/mol. The Morgan fingerprint density at radius 1 is 1.15 bits per heavy atom. The van der Waals surface area contributed by atoms with E-state index in [2.05, 4.69) is 0 Å². The first kappa shape index (κ1) is 8.10. The van der Waals surface area contributed by atoms with Crippen molar-refractivity contribution in [3.05, 3.63) is 35.1 Å². The summed E-state index contributed by atoms with van der Waals surface area (Å²) in [6.45, 7) is 1.54. The quantitative estimate of drug-likeness (QED) is 0.568. The molecule has 1 aromatic carbocycles. The summed E-state index contributed by atoms with van der Waals surface area (Å²) < 4.78 is 12.7. The van der Waals surface area contributed by atoms with Crippen LogP contribution in [0.3, 0.4) is 0 Å². The number of carbonyl (C=O) groups is 2. The van der Waals surface area contributed by atoms with Crippen LogP contribution in [0.5, 0.6) is 0 Å². The summed E-state index contributed by atoms with van der Waals surface area (Å²) in [4.78, 5) is 22.7. The van der Waals surface area contributed by atoms with E-state index in [1.165, 1.54) is 12.1 Å². The van der Waals surface area contributed by atoms with Crippen molar-refractivity contribution < 1.29 is 14.0 Å². The summed E-state index contributed by atoms with van der Waals surface area (Å²) in [7, 11) is 0. The third kappa shape index (κ3) is 1.00. The zero-order valence-corrected chi connectivity index (χ0v) is 7.00. The molecule has 0 heterocycles. The molecule has 0 fully saturated rings. The van der Waals surface area contributed by atoms with Gasteiger partial charge >= 0.3 is 0 Å². The molecule has 0 bridgehead atoms. The maximum absolute atomic E-state index is 12.7. The lowest BCUT2D eigenvalue weighted by molar-refractivity contribution is 0.0852. The molecule has 2 rings (SSSR count). The van der Waals surface area contributed by atoms with Crippen LogP contribution >= 0.6 is 0 Å². The van der Waals surface area contributed by atoms with E-state index in [-0.39, 0.29) is 17.1 Å². The van der Waals surface area contributed by atoms with E-state index >= 15 is 0 Å². The van der Waals surface area contributed by atoms with Crippen LogP contribution in [-0.4, -0.2) is 11.6 Å². The smallest absolute Gasteiger partial charge is 0.174 e. The second kappa shape index (κ2) is 2.49. The molecule has 0 saturated heterocycles. The molecule has 2 nitrogen and oxygen atoms in total. The Morgan fingerprint density at radius 3 is 2.46 bits per heavy atom. The summed E-state index contributed by atoms with van der Waals surface area (Å²) >= 11 is 0. The molecular weight excluding hydrogens is 171 g/mol. The average Bonchev–Trinajstić information content (AvgIpc) is 2.32. The van der Waals surface area contributed by atoms with Gasteiger partial charge in [0.1, 0.15) is 5.82 Å². The first-order chi connectivity index (χ1) is 6.11. The van der Waals surface area contributed by atoms with Crippen LogP contribution in [0.2, 0.25) is 0 Å². The maximum atomic E-state index is 12.7. The SMILES string of the molecule is CC1C(=O)c2ccc(F)cc2C1=O. The standard InChI is InChI=1S/C10H7FO2/c1-5-9(12)7-3-2-6(11)4-8(7)10(5)13/h2-5H,1H3. The molecular formula is C10H7FO2. The molecule has 1 aliphatic carbocycles. The van der Waals surface area contributed by atoms with Crippen molar-refractivity contribution in [3.63, 3.8) is 0 Å². The van der Waals surface area contributed by atoms with E-state index in [1.807, 2.05) is 0 Å². The fraction of sp³-hybridized carbons (Fsp3) is 0.200. The van der Waals surface area contributed by atoms with E-state index in [0.717, 1.165) is 6.07 Å². The summed E-state index contributed by atoms with van der Waals surface area (Å²) in [5.41, 5.74) is 0.566. The zero-order valence-electron chi connectivity index (χ0n) is 7.00. The van der Waals surface area contributed by atoms with Gasteiger partial charge in [0, 0.05) is 11.1 Å². The van der Waals surface area contributed by atoms with Gasteiger partial charge in [-0.2, -0.15) is 0 Å². The molecule has 0 aliphatic heterocycles. The van der Waals surface area contributed by atoms with Gasteiger partial charge < -0.3 is 0 Å². The normalized spacial score (nSPS) is 20.6. The van der Waals surface area contributed by atoms with Crippen LogP contribution in [0.25, 0.3) is 0 Å². The highest BCUT2D eigenvalue weighted by molar-refractivity contribution is 6.26. The van der Waals surface area contributed by atoms with Crippen molar-refractivity contribution in [2.24, 2.45) is 5.92 Å². The Kier molecular flexibility index (Phi) is 1.55. The van der Waals surface area contributed by atoms with E-state index in [0.29, 0.717) is 5.56 Å². The van der Waals surface area contributed by atoms with Gasteiger partial charge in [0.25, 0.3) is 0 Å². The van der Waals surface area contributed by atoms with Gasteiger partial charge in [0.2, 0.25) is 0 Å². The second-order valence-electron chi connectivity index (χ2n) is 3.14. The Hall–Kier alpha value is -1.51. The van der Waals surface area contributed by atoms with Crippen LogP contribution in [0.4, 0.5) is 4.39 Å². The first-order valence-corrected chi connectivity index (χ1v) is 3.99. The molecule has 0 spiro atoms. The Morgan fingerprint density at radius 2 is 1.77 bits per heavy atom. The minimum absolute atomic E-state index is 0.208. The number of fused-ring (bicyclic) bond motifs is 1. The van der Waals surface area contributed by atoms with Crippen LogP contribution in [0.1, 0.15) is 27.6 Å². The lowest BCUT2D eigenvalue weighted by Crippen LogP contribution is -2.09. The Balaban J connectivity index is 2.67. The monoisotopic (exact) mass is 178 g/mol. The molecule has 0 amide bonds. The molecule has 1 atom stereocenters. The first-order valence-electron chi connectivity index (χ1n) is 3.99. The number of rotatable bonds is 0. The number of hydrogen-bond acceptors (Lipinski definition) is 2. The third-order valence-electron chi connectivity index (χ3n) is 2.30. The van der Waals surface area contributed by atoms with E-state index < -0.39 is 11.7 Å². The minimum atomic E-state index is -0.642. The average molecular weight is 178 g/mol. The van der Waals surface area contributed by atoms with Gasteiger partial charge in [-0.05, 0) is 25.1 Å². The highest BCUT2D eigenvalue weighted by atomic mass is 19.1. The summed E-state index contributed by atoms with van der Waals surface area (Å²) in [5.74, 6) is -1.61. The van der Waals surface area contributed by atoms with Crippen molar-refractivity contribution >= 4 is 11.6 Å². The zero-order chi connectivity index (χ0) is 9.59. The van der Waals surface area contributed by atoms with Crippen LogP contribution < -0.4 is 0 Å². The Bertz CT molecular complexity index is 409. The predicted octanol–water partition coefficient (Wildman–Crippen LogP) is 1.84. The van der Waals surface area contributed by atoms with Gasteiger partial charge in [0.15, 0.2) is 11.6 Å². The minimum Gasteiger partial charge on any atom is -0.293 e. The van der Waals surface area contributed by atoms with Gasteiger partial charge in [-0.1, -0.05) is 0 Å². The van der Waals surface area contributed by atoms with Crippen molar-refractivity contribution in [1.29, 1.82) is 0 Å². The molecule has 0 saturated carbocycles. The number of Topliss-reactive ketones (excluding diaryl/α,β-unsaturated/α-hetero) is 2. The van der Waals surface area contributed by atoms with E-state index in [1.54, 1.807) is 6.92 Å². The molecule has 1 aliphatic rings. The van der Waals surface area contributed by atoms with Gasteiger partial charge in [-0.3, -0.25) is 9.59 Å². The largest absolute Gasteiger partial charge is 0.293 e. The molecule has 13 heavy (non-hydrogen) atoms. The van der Waals surface area contributed by atoms with Gasteiger partial charge in [0.05, 0.1) is 5.92 Å².